The highest BCUT2D eigenvalue weighted by Crippen LogP contribution is 2.22. The zero-order valence-corrected chi connectivity index (χ0v) is 12.1. The molecule has 0 unspecified atom stereocenters. The molecule has 0 saturated carbocycles. The first-order valence-corrected chi connectivity index (χ1v) is 7.29. The summed E-state index contributed by atoms with van der Waals surface area (Å²) in [7, 11) is 0. The van der Waals surface area contributed by atoms with Gasteiger partial charge in [-0.15, -0.1) is 0 Å². The highest BCUT2D eigenvalue weighted by molar-refractivity contribution is 5.93. The average molecular weight is 302 g/mol. The van der Waals surface area contributed by atoms with Crippen LogP contribution in [0, 0.1) is 5.92 Å². The van der Waals surface area contributed by atoms with Crippen LogP contribution in [0.5, 0.6) is 0 Å². The number of rotatable bonds is 3. The van der Waals surface area contributed by atoms with E-state index in [2.05, 4.69) is 5.16 Å². The molecule has 0 spiro atoms. The fourth-order valence-electron chi connectivity index (χ4n) is 2.65. The maximum atomic E-state index is 12.4. The van der Waals surface area contributed by atoms with Crippen molar-refractivity contribution >= 4 is 5.91 Å². The van der Waals surface area contributed by atoms with E-state index in [1.807, 2.05) is 30.3 Å². The van der Waals surface area contributed by atoms with Crippen LogP contribution in [0.15, 0.2) is 40.9 Å². The van der Waals surface area contributed by atoms with Crippen LogP contribution in [0.1, 0.15) is 16.9 Å². The van der Waals surface area contributed by atoms with E-state index in [4.69, 9.17) is 9.63 Å². The number of carbonyl (C=O) groups excluding carboxylic acids is 1. The third-order valence-electron chi connectivity index (χ3n) is 4.03. The highest BCUT2D eigenvalue weighted by atomic mass is 16.5. The van der Waals surface area contributed by atoms with Gasteiger partial charge in [0.15, 0.2) is 11.5 Å². The number of β-amino-alcohol motifs (C(OH)–C–C–N with tert-alkyl or cyclic N) is 1. The van der Waals surface area contributed by atoms with Crippen LogP contribution in [0.4, 0.5) is 0 Å². The van der Waals surface area contributed by atoms with Crippen LogP contribution >= 0.6 is 0 Å². The van der Waals surface area contributed by atoms with E-state index in [1.165, 1.54) is 0 Å². The Balaban J connectivity index is 1.72. The highest BCUT2D eigenvalue weighted by Gasteiger charge is 2.31. The predicted octanol–water partition coefficient (Wildman–Crippen LogP) is 1.16. The maximum Gasteiger partial charge on any atom is 0.276 e. The van der Waals surface area contributed by atoms with E-state index in [-0.39, 0.29) is 30.7 Å². The maximum absolute atomic E-state index is 12.4. The largest absolute Gasteiger partial charge is 0.396 e. The van der Waals surface area contributed by atoms with Gasteiger partial charge in [0.2, 0.25) is 0 Å². The topological polar surface area (TPSA) is 86.8 Å². The van der Waals surface area contributed by atoms with Crippen molar-refractivity contribution in [3.63, 3.8) is 0 Å². The van der Waals surface area contributed by atoms with E-state index in [9.17, 15) is 9.90 Å². The lowest BCUT2D eigenvalue weighted by molar-refractivity contribution is 0.000516. The Morgan fingerprint density at radius 1 is 1.36 bits per heavy atom. The molecule has 6 heteroatoms. The van der Waals surface area contributed by atoms with Crippen LogP contribution in [-0.4, -0.2) is 52.0 Å². The zero-order valence-electron chi connectivity index (χ0n) is 12.1. The Labute approximate surface area is 128 Å². The van der Waals surface area contributed by atoms with Gasteiger partial charge >= 0.3 is 0 Å². The molecule has 2 atom stereocenters. The second kappa shape index (κ2) is 6.29. The Morgan fingerprint density at radius 2 is 2.14 bits per heavy atom. The monoisotopic (exact) mass is 302 g/mol. The molecule has 0 aliphatic carbocycles. The first kappa shape index (κ1) is 14.7. The van der Waals surface area contributed by atoms with Gasteiger partial charge in [-0.2, -0.15) is 0 Å². The first-order chi connectivity index (χ1) is 10.7. The van der Waals surface area contributed by atoms with Crippen molar-refractivity contribution in [1.82, 2.24) is 10.1 Å². The summed E-state index contributed by atoms with van der Waals surface area (Å²) in [5, 5.41) is 22.9. The lowest BCUT2D eigenvalue weighted by Crippen LogP contribution is -2.47. The van der Waals surface area contributed by atoms with Crippen molar-refractivity contribution in [2.75, 3.05) is 19.7 Å². The van der Waals surface area contributed by atoms with E-state index in [0.29, 0.717) is 18.7 Å². The van der Waals surface area contributed by atoms with Crippen molar-refractivity contribution < 1.29 is 19.5 Å². The number of aliphatic hydroxyl groups excluding tert-OH is 2. The van der Waals surface area contributed by atoms with Crippen molar-refractivity contribution in [2.24, 2.45) is 5.92 Å². The summed E-state index contributed by atoms with van der Waals surface area (Å²) in [6, 6.07) is 11.0. The fraction of sp³-hybridized carbons (Fsp3) is 0.375. The molecular formula is C16H18N2O4. The van der Waals surface area contributed by atoms with Crippen LogP contribution in [0.25, 0.3) is 11.3 Å². The molecule has 1 amide bonds. The van der Waals surface area contributed by atoms with Gasteiger partial charge in [0.05, 0.1) is 6.10 Å². The normalized spacial score (nSPS) is 21.8. The summed E-state index contributed by atoms with van der Waals surface area (Å²) < 4.78 is 5.23. The third kappa shape index (κ3) is 2.88. The molecule has 1 aromatic carbocycles. The number of aliphatic hydroxyl groups is 2. The molecule has 1 aliphatic heterocycles. The molecule has 1 saturated heterocycles. The Morgan fingerprint density at radius 3 is 2.82 bits per heavy atom. The van der Waals surface area contributed by atoms with Crippen LogP contribution in [-0.2, 0) is 0 Å². The number of benzene rings is 1. The number of hydrogen-bond donors (Lipinski definition) is 2. The molecule has 2 aromatic rings. The van der Waals surface area contributed by atoms with Gasteiger partial charge in [-0.1, -0.05) is 35.5 Å². The Kier molecular flexibility index (Phi) is 4.22. The molecule has 116 valence electrons. The van der Waals surface area contributed by atoms with Gasteiger partial charge < -0.3 is 19.6 Å². The number of nitrogens with zero attached hydrogens (tertiary/aromatic N) is 2. The molecule has 1 aromatic heterocycles. The molecule has 0 bridgehead atoms. The summed E-state index contributed by atoms with van der Waals surface area (Å²) in [4.78, 5) is 14.0. The number of aromatic nitrogens is 1. The fourth-order valence-corrected chi connectivity index (χ4v) is 2.65. The van der Waals surface area contributed by atoms with Crippen molar-refractivity contribution in [2.45, 2.75) is 12.5 Å². The zero-order chi connectivity index (χ0) is 15.5. The summed E-state index contributed by atoms with van der Waals surface area (Å²) in [5.41, 5.74) is 1.08. The SMILES string of the molecule is O=C(c1cc(-c2ccccc2)on1)N1CC[C@H](CO)[C@H](O)C1. The van der Waals surface area contributed by atoms with Crippen LogP contribution in [0.3, 0.4) is 0 Å². The Bertz CT molecular complexity index is 641. The molecule has 1 aliphatic rings. The van der Waals surface area contributed by atoms with Gasteiger partial charge in [-0.3, -0.25) is 4.79 Å². The number of piperidine rings is 1. The molecule has 3 rings (SSSR count). The van der Waals surface area contributed by atoms with Crippen LogP contribution < -0.4 is 0 Å². The summed E-state index contributed by atoms with van der Waals surface area (Å²) >= 11 is 0. The van der Waals surface area contributed by atoms with Crippen molar-refractivity contribution in [1.29, 1.82) is 0 Å². The van der Waals surface area contributed by atoms with Crippen molar-refractivity contribution in [3.8, 4) is 11.3 Å². The molecule has 1 fully saturated rings. The minimum atomic E-state index is -0.705. The standard InChI is InChI=1S/C16H18N2O4/c19-10-12-6-7-18(9-14(12)20)16(21)13-8-15(22-17-13)11-4-2-1-3-5-11/h1-5,8,12,14,19-20H,6-7,9-10H2/t12-,14-/m1/s1. The number of hydrogen-bond acceptors (Lipinski definition) is 5. The van der Waals surface area contributed by atoms with E-state index >= 15 is 0 Å². The molecule has 0 radical (unpaired) electrons. The van der Waals surface area contributed by atoms with E-state index in [1.54, 1.807) is 11.0 Å². The molecular weight excluding hydrogens is 284 g/mol. The quantitative estimate of drug-likeness (QED) is 0.888. The van der Waals surface area contributed by atoms with Gasteiger partial charge in [0.1, 0.15) is 0 Å². The number of carbonyl (C=O) groups is 1. The smallest absolute Gasteiger partial charge is 0.276 e. The minimum absolute atomic E-state index is 0.0642. The number of amides is 1. The summed E-state index contributed by atoms with van der Waals surface area (Å²) in [5.74, 6) is 0.109. The molecule has 2 N–H and O–H groups in total. The first-order valence-electron chi connectivity index (χ1n) is 7.29. The Hall–Kier alpha value is -2.18. The number of likely N-dealkylation sites (tertiary alicyclic amines) is 1. The average Bonchev–Trinajstić information content (AvgIpc) is 3.05. The molecule has 2 heterocycles. The van der Waals surface area contributed by atoms with E-state index in [0.717, 1.165) is 5.56 Å². The summed E-state index contributed by atoms with van der Waals surface area (Å²) in [6.45, 7) is 0.636. The summed E-state index contributed by atoms with van der Waals surface area (Å²) in [6.07, 6.45) is -0.129. The van der Waals surface area contributed by atoms with Crippen molar-refractivity contribution in [3.05, 3.63) is 42.1 Å². The third-order valence-corrected chi connectivity index (χ3v) is 4.03. The van der Waals surface area contributed by atoms with Crippen LogP contribution in [0.2, 0.25) is 0 Å². The molecule has 6 nitrogen and oxygen atoms in total. The predicted molar refractivity (Wildman–Crippen MR) is 79.0 cm³/mol. The second-order valence-electron chi connectivity index (χ2n) is 5.49. The lowest BCUT2D eigenvalue weighted by atomic mass is 9.94. The minimum Gasteiger partial charge on any atom is -0.396 e. The lowest BCUT2D eigenvalue weighted by Gasteiger charge is -2.34. The second-order valence-corrected chi connectivity index (χ2v) is 5.49. The van der Waals surface area contributed by atoms with Gasteiger partial charge in [-0.25, -0.2) is 0 Å². The van der Waals surface area contributed by atoms with Gasteiger partial charge in [-0.05, 0) is 6.42 Å². The molecule has 22 heavy (non-hydrogen) atoms. The van der Waals surface area contributed by atoms with E-state index < -0.39 is 6.10 Å². The van der Waals surface area contributed by atoms with Gasteiger partial charge in [0, 0.05) is 37.2 Å². The van der Waals surface area contributed by atoms with Gasteiger partial charge in [0.25, 0.3) is 5.91 Å².